The molecule has 0 fully saturated rings. The maximum atomic E-state index is 6.19. The van der Waals surface area contributed by atoms with Crippen LogP contribution in [0.15, 0.2) is 180 Å². The van der Waals surface area contributed by atoms with Gasteiger partial charge in [0.15, 0.2) is 17.5 Å². The molecule has 2 aromatic heterocycles. The van der Waals surface area contributed by atoms with Crippen LogP contribution in [0.1, 0.15) is 0 Å². The monoisotopic (exact) mass is 627 g/mol. The van der Waals surface area contributed by atoms with Crippen LogP contribution < -0.4 is 0 Å². The lowest BCUT2D eigenvalue weighted by Crippen LogP contribution is -2.00. The molecule has 0 spiro atoms. The number of hydrogen-bond acceptors (Lipinski definition) is 4. The second kappa shape index (κ2) is 12.2. The Balaban J connectivity index is 1.05. The highest BCUT2D eigenvalue weighted by molar-refractivity contribution is 6.05. The van der Waals surface area contributed by atoms with Crippen LogP contribution in [0.25, 0.3) is 89.5 Å². The second-order valence-electron chi connectivity index (χ2n) is 12.1. The number of para-hydroxylation sites is 1. The van der Waals surface area contributed by atoms with Crippen molar-refractivity contribution in [1.29, 1.82) is 0 Å². The van der Waals surface area contributed by atoms with E-state index >= 15 is 0 Å². The molecule has 0 saturated carbocycles. The van der Waals surface area contributed by atoms with E-state index in [-0.39, 0.29) is 0 Å². The molecule has 49 heavy (non-hydrogen) atoms. The van der Waals surface area contributed by atoms with Gasteiger partial charge in [-0.2, -0.15) is 0 Å². The molecule has 230 valence electrons. The van der Waals surface area contributed by atoms with Crippen molar-refractivity contribution in [3.05, 3.63) is 176 Å². The molecular weight excluding hydrogens is 599 g/mol. The zero-order valence-electron chi connectivity index (χ0n) is 26.5. The van der Waals surface area contributed by atoms with Gasteiger partial charge in [-0.3, -0.25) is 0 Å². The lowest BCUT2D eigenvalue weighted by atomic mass is 9.97. The summed E-state index contributed by atoms with van der Waals surface area (Å²) in [7, 11) is 0. The molecule has 9 aromatic rings. The van der Waals surface area contributed by atoms with Crippen LogP contribution in [0, 0.1) is 0 Å². The standard InChI is InChI=1S/C45H29N3O/c1-3-10-30(11-4-1)31-18-20-32(21-19-31)36-14-9-15-37(28-36)33-22-24-35(25-23-33)44-46-43(34-12-5-2-6-13-34)47-45(48-44)38-26-27-40-39-16-7-8-17-41(39)49-42(40)29-38/h1-29H. The van der Waals surface area contributed by atoms with Crippen LogP contribution in [0.2, 0.25) is 0 Å². The number of aromatic nitrogens is 3. The zero-order chi connectivity index (χ0) is 32.6. The summed E-state index contributed by atoms with van der Waals surface area (Å²) in [6.07, 6.45) is 0. The maximum absolute atomic E-state index is 6.19. The van der Waals surface area contributed by atoms with E-state index < -0.39 is 0 Å². The Kier molecular flexibility index (Phi) is 7.10. The van der Waals surface area contributed by atoms with E-state index in [2.05, 4.69) is 115 Å². The first-order valence-electron chi connectivity index (χ1n) is 16.4. The molecule has 9 rings (SSSR count). The van der Waals surface area contributed by atoms with E-state index in [1.807, 2.05) is 60.7 Å². The fourth-order valence-corrected chi connectivity index (χ4v) is 6.39. The minimum Gasteiger partial charge on any atom is -0.456 e. The smallest absolute Gasteiger partial charge is 0.164 e. The van der Waals surface area contributed by atoms with Crippen LogP contribution in [-0.4, -0.2) is 15.0 Å². The van der Waals surface area contributed by atoms with Crippen molar-refractivity contribution in [3.8, 4) is 67.5 Å². The molecule has 0 saturated heterocycles. The molecule has 0 bridgehead atoms. The molecule has 0 N–H and O–H groups in total. The Morgan fingerprint density at radius 2 is 0.673 bits per heavy atom. The summed E-state index contributed by atoms with van der Waals surface area (Å²) in [6, 6.07) is 60.7. The molecule has 2 heterocycles. The van der Waals surface area contributed by atoms with Gasteiger partial charge in [-0.1, -0.05) is 152 Å². The summed E-state index contributed by atoms with van der Waals surface area (Å²) < 4.78 is 6.19. The Morgan fingerprint density at radius 1 is 0.265 bits per heavy atom. The van der Waals surface area contributed by atoms with E-state index in [0.717, 1.165) is 49.8 Å². The molecular formula is C45H29N3O. The predicted octanol–water partition coefficient (Wildman–Crippen LogP) is 11.8. The van der Waals surface area contributed by atoms with E-state index in [0.29, 0.717) is 17.5 Å². The lowest BCUT2D eigenvalue weighted by Gasteiger charge is -2.10. The second-order valence-corrected chi connectivity index (χ2v) is 12.1. The molecule has 4 nitrogen and oxygen atoms in total. The molecule has 0 atom stereocenters. The largest absolute Gasteiger partial charge is 0.456 e. The van der Waals surface area contributed by atoms with Crippen molar-refractivity contribution in [3.63, 3.8) is 0 Å². The third-order valence-electron chi connectivity index (χ3n) is 8.97. The van der Waals surface area contributed by atoms with Gasteiger partial charge in [0.25, 0.3) is 0 Å². The van der Waals surface area contributed by atoms with Gasteiger partial charge in [0.05, 0.1) is 0 Å². The average molecular weight is 628 g/mol. The van der Waals surface area contributed by atoms with E-state index in [1.165, 1.54) is 22.3 Å². The Morgan fingerprint density at radius 3 is 1.31 bits per heavy atom. The summed E-state index contributed by atoms with van der Waals surface area (Å²) in [5.74, 6) is 1.84. The van der Waals surface area contributed by atoms with Crippen molar-refractivity contribution in [2.24, 2.45) is 0 Å². The summed E-state index contributed by atoms with van der Waals surface area (Å²) in [5, 5.41) is 2.16. The number of fused-ring (bicyclic) bond motifs is 3. The highest BCUT2D eigenvalue weighted by Crippen LogP contribution is 2.33. The van der Waals surface area contributed by atoms with Gasteiger partial charge in [0.1, 0.15) is 11.2 Å². The van der Waals surface area contributed by atoms with E-state index in [1.54, 1.807) is 0 Å². The number of furan rings is 1. The Bertz CT molecular complexity index is 2570. The third-order valence-corrected chi connectivity index (χ3v) is 8.97. The van der Waals surface area contributed by atoms with E-state index in [9.17, 15) is 0 Å². The SMILES string of the molecule is c1ccc(-c2ccc(-c3cccc(-c4ccc(-c5nc(-c6ccccc6)nc(-c6ccc7c(c6)oc6ccccc67)n5)cc4)c3)cc2)cc1. The van der Waals surface area contributed by atoms with Gasteiger partial charge in [-0.15, -0.1) is 0 Å². The highest BCUT2D eigenvalue weighted by Gasteiger charge is 2.15. The van der Waals surface area contributed by atoms with Crippen molar-refractivity contribution in [1.82, 2.24) is 15.0 Å². The first-order chi connectivity index (χ1) is 24.2. The lowest BCUT2D eigenvalue weighted by molar-refractivity contribution is 0.669. The molecule has 7 aromatic carbocycles. The van der Waals surface area contributed by atoms with Gasteiger partial charge in [-0.25, -0.2) is 15.0 Å². The van der Waals surface area contributed by atoms with Gasteiger partial charge in [0.2, 0.25) is 0 Å². The predicted molar refractivity (Wildman–Crippen MR) is 200 cm³/mol. The molecule has 0 amide bonds. The number of nitrogens with zero attached hydrogens (tertiary/aromatic N) is 3. The molecule has 0 aliphatic heterocycles. The minimum atomic E-state index is 0.598. The summed E-state index contributed by atoms with van der Waals surface area (Å²) in [6.45, 7) is 0. The van der Waals surface area contributed by atoms with Crippen LogP contribution in [0.4, 0.5) is 0 Å². The van der Waals surface area contributed by atoms with Crippen molar-refractivity contribution >= 4 is 21.9 Å². The van der Waals surface area contributed by atoms with Crippen molar-refractivity contribution in [2.45, 2.75) is 0 Å². The fraction of sp³-hybridized carbons (Fsp3) is 0. The Labute approximate surface area is 284 Å². The van der Waals surface area contributed by atoms with E-state index in [4.69, 9.17) is 19.4 Å². The third kappa shape index (κ3) is 5.56. The minimum absolute atomic E-state index is 0.598. The first kappa shape index (κ1) is 28.6. The van der Waals surface area contributed by atoms with Crippen LogP contribution in [-0.2, 0) is 0 Å². The number of rotatable bonds is 6. The topological polar surface area (TPSA) is 51.8 Å². The number of benzene rings is 7. The normalized spacial score (nSPS) is 11.3. The van der Waals surface area contributed by atoms with Gasteiger partial charge in [0, 0.05) is 27.5 Å². The number of hydrogen-bond donors (Lipinski definition) is 0. The molecule has 4 heteroatoms. The van der Waals surface area contributed by atoms with Crippen molar-refractivity contribution in [2.75, 3.05) is 0 Å². The quantitative estimate of drug-likeness (QED) is 0.184. The molecule has 0 aliphatic carbocycles. The highest BCUT2D eigenvalue weighted by atomic mass is 16.3. The molecule has 0 aliphatic rings. The zero-order valence-corrected chi connectivity index (χ0v) is 26.5. The van der Waals surface area contributed by atoms with Gasteiger partial charge < -0.3 is 4.42 Å². The fourth-order valence-electron chi connectivity index (χ4n) is 6.39. The average Bonchev–Trinajstić information content (AvgIpc) is 3.57. The maximum Gasteiger partial charge on any atom is 0.164 e. The first-order valence-corrected chi connectivity index (χ1v) is 16.4. The van der Waals surface area contributed by atoms with Gasteiger partial charge in [-0.05, 0) is 57.6 Å². The Hall–Kier alpha value is -6.65. The van der Waals surface area contributed by atoms with Crippen LogP contribution >= 0.6 is 0 Å². The summed E-state index contributed by atoms with van der Waals surface area (Å²) in [5.41, 5.74) is 11.5. The summed E-state index contributed by atoms with van der Waals surface area (Å²) in [4.78, 5) is 14.8. The van der Waals surface area contributed by atoms with Crippen molar-refractivity contribution < 1.29 is 4.42 Å². The van der Waals surface area contributed by atoms with Gasteiger partial charge >= 0.3 is 0 Å². The molecule has 0 radical (unpaired) electrons. The van der Waals surface area contributed by atoms with Crippen LogP contribution in [0.3, 0.4) is 0 Å². The van der Waals surface area contributed by atoms with Crippen LogP contribution in [0.5, 0.6) is 0 Å². The summed E-state index contributed by atoms with van der Waals surface area (Å²) >= 11 is 0. The molecule has 0 unspecified atom stereocenters.